The predicted molar refractivity (Wildman–Crippen MR) is 178 cm³/mol. The number of hydrogen-bond donors (Lipinski definition) is 0. The summed E-state index contributed by atoms with van der Waals surface area (Å²) in [6, 6.07) is 28.7. The minimum atomic E-state index is -4.38. The maximum atomic E-state index is 10.9. The van der Waals surface area contributed by atoms with Gasteiger partial charge in [0.25, 0.3) is 0 Å². The lowest BCUT2D eigenvalue weighted by molar-refractivity contribution is -0.616. The molecule has 0 aliphatic carbocycles. The van der Waals surface area contributed by atoms with E-state index in [4.69, 9.17) is 27.9 Å². The maximum Gasteiger partial charge on any atom is 0.343 e. The van der Waals surface area contributed by atoms with Gasteiger partial charge in [0.05, 0.1) is 16.2 Å². The molecule has 0 saturated carbocycles. The van der Waals surface area contributed by atoms with Gasteiger partial charge >= 0.3 is 5.90 Å². The summed E-state index contributed by atoms with van der Waals surface area (Å²) in [6.07, 6.45) is 3.88. The third kappa shape index (κ3) is 6.59. The van der Waals surface area contributed by atoms with E-state index in [-0.39, 0.29) is 22.3 Å². The molecule has 0 spiro atoms. The Hall–Kier alpha value is -3.16. The van der Waals surface area contributed by atoms with E-state index in [2.05, 4.69) is 62.3 Å². The molecule has 8 heteroatoms. The number of hydrogen-bond acceptors (Lipinski definition) is 4. The zero-order valence-corrected chi connectivity index (χ0v) is 27.4. The van der Waals surface area contributed by atoms with Crippen LogP contribution in [0.4, 0.5) is 0 Å². The quantitative estimate of drug-likeness (QED) is 0.119. The van der Waals surface area contributed by atoms with Crippen LogP contribution in [0.15, 0.2) is 109 Å². The van der Waals surface area contributed by atoms with Crippen molar-refractivity contribution < 1.29 is 22.3 Å². The molecular weight excluding hydrogens is 613 g/mol. The van der Waals surface area contributed by atoms with Crippen molar-refractivity contribution in [2.75, 3.05) is 6.61 Å². The Labute approximate surface area is 270 Å². The highest BCUT2D eigenvalue weighted by atomic mass is 35.5. The van der Waals surface area contributed by atoms with Gasteiger partial charge in [0.2, 0.25) is 0 Å². The van der Waals surface area contributed by atoms with Crippen molar-refractivity contribution in [3.63, 3.8) is 0 Å². The van der Waals surface area contributed by atoms with Crippen LogP contribution >= 0.6 is 23.2 Å². The fourth-order valence-corrected chi connectivity index (χ4v) is 7.70. The number of nitrogens with zero attached hydrogens (tertiary/aromatic N) is 1. The first kappa shape index (κ1) is 32.2. The predicted octanol–water partition coefficient (Wildman–Crippen LogP) is 9.01. The summed E-state index contributed by atoms with van der Waals surface area (Å²) in [5.74, 6) is 1.87. The van der Waals surface area contributed by atoms with Crippen molar-refractivity contribution >= 4 is 50.0 Å². The lowest BCUT2D eigenvalue weighted by atomic mass is 9.69. The highest BCUT2D eigenvalue weighted by Crippen LogP contribution is 2.51. The van der Waals surface area contributed by atoms with Crippen LogP contribution in [0.2, 0.25) is 10.0 Å². The zero-order valence-electron chi connectivity index (χ0n) is 25.1. The Morgan fingerprint density at radius 3 is 2.32 bits per heavy atom. The van der Waals surface area contributed by atoms with E-state index in [1.807, 2.05) is 24.3 Å². The van der Waals surface area contributed by atoms with Gasteiger partial charge in [-0.25, -0.2) is 8.42 Å². The molecule has 44 heavy (non-hydrogen) atoms. The highest BCUT2D eigenvalue weighted by Gasteiger charge is 2.57. The van der Waals surface area contributed by atoms with Crippen molar-refractivity contribution in [1.29, 1.82) is 0 Å². The van der Waals surface area contributed by atoms with Gasteiger partial charge in [-0.3, -0.25) is 0 Å². The monoisotopic (exact) mass is 649 g/mol. The minimum Gasteiger partial charge on any atom is -0.744 e. The third-order valence-electron chi connectivity index (χ3n) is 8.72. The number of ether oxygens (including phenoxy) is 1. The van der Waals surface area contributed by atoms with Gasteiger partial charge in [-0.2, -0.15) is 4.58 Å². The smallest absolute Gasteiger partial charge is 0.343 e. The van der Waals surface area contributed by atoms with Gasteiger partial charge in [-0.05, 0) is 66.4 Å². The summed E-state index contributed by atoms with van der Waals surface area (Å²) < 4.78 is 41.7. The van der Waals surface area contributed by atoms with E-state index in [9.17, 15) is 13.0 Å². The van der Waals surface area contributed by atoms with Crippen LogP contribution in [0.25, 0.3) is 10.8 Å². The summed E-state index contributed by atoms with van der Waals surface area (Å²) in [5, 5.41) is 2.77. The Balaban J connectivity index is 0.000000229. The molecule has 0 amide bonds. The molecule has 4 aromatic rings. The maximum absolute atomic E-state index is 10.9. The number of rotatable bonds is 6. The summed E-state index contributed by atoms with van der Waals surface area (Å²) in [4.78, 5) is -0.157. The molecule has 4 aromatic carbocycles. The summed E-state index contributed by atoms with van der Waals surface area (Å²) in [7, 11) is -4.38. The van der Waals surface area contributed by atoms with Crippen LogP contribution in [0.3, 0.4) is 0 Å². The van der Waals surface area contributed by atoms with E-state index in [1.165, 1.54) is 17.2 Å². The average Bonchev–Trinajstić information content (AvgIpc) is 3.44. The van der Waals surface area contributed by atoms with E-state index in [0.29, 0.717) is 17.3 Å². The normalized spacial score (nSPS) is 23.1. The van der Waals surface area contributed by atoms with Gasteiger partial charge in [-0.1, -0.05) is 104 Å². The van der Waals surface area contributed by atoms with Crippen LogP contribution in [-0.4, -0.2) is 36.1 Å². The molecule has 0 aromatic heterocycles. The molecule has 0 N–H and O–H groups in total. The molecule has 230 valence electrons. The molecule has 0 radical (unpaired) electrons. The Morgan fingerprint density at radius 1 is 0.977 bits per heavy atom. The van der Waals surface area contributed by atoms with Gasteiger partial charge in [-0.15, -0.1) is 6.58 Å². The lowest BCUT2D eigenvalue weighted by Gasteiger charge is -2.39. The fraction of sp³-hybridized carbons (Fsp3) is 0.306. The van der Waals surface area contributed by atoms with Crippen LogP contribution in [0.1, 0.15) is 56.7 Å². The topological polar surface area (TPSA) is 69.4 Å². The van der Waals surface area contributed by atoms with Gasteiger partial charge in [0.15, 0.2) is 18.7 Å². The number of benzene rings is 4. The molecule has 2 heterocycles. The second-order valence-electron chi connectivity index (χ2n) is 12.2. The minimum absolute atomic E-state index is 0.0959. The van der Waals surface area contributed by atoms with Crippen molar-refractivity contribution in [1.82, 2.24) is 0 Å². The van der Waals surface area contributed by atoms with Crippen molar-refractivity contribution in [3.05, 3.63) is 125 Å². The summed E-state index contributed by atoms with van der Waals surface area (Å²) in [5.41, 5.74) is 2.44. The van der Waals surface area contributed by atoms with Crippen molar-refractivity contribution in [3.8, 4) is 0 Å². The van der Waals surface area contributed by atoms with Crippen molar-refractivity contribution in [2.24, 2.45) is 11.3 Å². The molecule has 0 bridgehead atoms. The van der Waals surface area contributed by atoms with Crippen LogP contribution in [0, 0.1) is 11.3 Å². The van der Waals surface area contributed by atoms with E-state index < -0.39 is 10.1 Å². The lowest BCUT2D eigenvalue weighted by Crippen LogP contribution is -2.46. The second kappa shape index (κ2) is 13.1. The number of halogens is 2. The van der Waals surface area contributed by atoms with Crippen LogP contribution in [0.5, 0.6) is 0 Å². The van der Waals surface area contributed by atoms with Gasteiger partial charge < -0.3 is 9.29 Å². The largest absolute Gasteiger partial charge is 0.744 e. The molecule has 0 saturated heterocycles. The molecule has 5 nitrogen and oxygen atoms in total. The average molecular weight is 651 g/mol. The Kier molecular flexibility index (Phi) is 9.57. The SMILES string of the molecule is C=CCC1(C)C[C@H](c2cccc(Cl)c2)[C@@H](c2ccc(Cl)cc2)[N+]2=C1OC[C@@H]2C(C)C.O=S(=O)([O-])c1cccc2ccccc12. The first-order valence-electron chi connectivity index (χ1n) is 14.8. The highest BCUT2D eigenvalue weighted by molar-refractivity contribution is 7.86. The first-order chi connectivity index (χ1) is 20.9. The fourth-order valence-electron chi connectivity index (χ4n) is 6.67. The molecule has 2 aliphatic rings. The first-order valence-corrected chi connectivity index (χ1v) is 16.9. The third-order valence-corrected chi connectivity index (χ3v) is 10.1. The molecule has 6 rings (SSSR count). The zero-order chi connectivity index (χ0) is 31.6. The number of allylic oxidation sites excluding steroid dienone is 1. The molecule has 1 unspecified atom stereocenters. The Morgan fingerprint density at radius 2 is 1.66 bits per heavy atom. The molecular formula is C36H37Cl2NO4S. The summed E-state index contributed by atoms with van der Waals surface area (Å²) >= 11 is 12.7. The number of fused-ring (bicyclic) bond motifs is 1. The Bertz CT molecular complexity index is 1800. The van der Waals surface area contributed by atoms with Crippen LogP contribution in [-0.2, 0) is 14.9 Å². The molecule has 4 atom stereocenters. The van der Waals surface area contributed by atoms with E-state index >= 15 is 0 Å². The van der Waals surface area contributed by atoms with Crippen molar-refractivity contribution in [2.45, 2.75) is 56.5 Å². The van der Waals surface area contributed by atoms with Crippen LogP contribution < -0.4 is 0 Å². The van der Waals surface area contributed by atoms with E-state index in [1.54, 1.807) is 36.4 Å². The van der Waals surface area contributed by atoms with Gasteiger partial charge in [0, 0.05) is 21.5 Å². The van der Waals surface area contributed by atoms with Gasteiger partial charge in [0.1, 0.15) is 10.1 Å². The molecule has 0 fully saturated rings. The standard InChI is InChI=1S/C26H30Cl2NO.C10H8O3S/c1-5-13-26(4)15-22(19-7-6-8-21(28)14-19)24(18-9-11-20(27)12-10-18)29-23(17(2)3)16-30-25(26)29;11-14(12,13)10-7-3-5-8-4-1-2-6-9(8)10/h5-12,14,17,22-24H,1,13,15-16H2,2-4H3;1-7H,(H,11,12,13)/q+1;/p-1/t22-,23-,24-,26?;/m1./s1. The summed E-state index contributed by atoms with van der Waals surface area (Å²) in [6.45, 7) is 11.6. The van der Waals surface area contributed by atoms with E-state index in [0.717, 1.165) is 40.8 Å². The second-order valence-corrected chi connectivity index (χ2v) is 14.4. The molecule has 2 aliphatic heterocycles.